The van der Waals surface area contributed by atoms with Crippen LogP contribution in [-0.2, 0) is 15.7 Å². The molecule has 1 rings (SSSR count). The first-order valence-corrected chi connectivity index (χ1v) is 5.01. The van der Waals surface area contributed by atoms with Crippen molar-refractivity contribution in [3.8, 4) is 6.07 Å². The molecule has 0 unspecified atom stereocenters. The number of nitrogens with one attached hydrogen (secondary N) is 1. The van der Waals surface area contributed by atoms with Crippen LogP contribution in [0.25, 0.3) is 0 Å². The van der Waals surface area contributed by atoms with Crippen LogP contribution in [0.2, 0.25) is 0 Å². The van der Waals surface area contributed by atoms with Gasteiger partial charge >= 0.3 is 12.1 Å². The third-order valence-corrected chi connectivity index (χ3v) is 2.13. The number of nitrogens with zero attached hydrogens (tertiary/aromatic N) is 1. The van der Waals surface area contributed by atoms with Crippen LogP contribution < -0.4 is 5.32 Å². The Morgan fingerprint density at radius 2 is 2.16 bits per heavy atom. The van der Waals surface area contributed by atoms with Crippen LogP contribution in [0.5, 0.6) is 0 Å². The summed E-state index contributed by atoms with van der Waals surface area (Å²) < 4.78 is 41.6. The minimum Gasteiger partial charge on any atom is -0.466 e. The van der Waals surface area contributed by atoms with E-state index in [9.17, 15) is 18.0 Å². The number of carbonyl (C=O) groups excluding carboxylic acids is 1. The molecule has 0 aliphatic rings. The van der Waals surface area contributed by atoms with Gasteiger partial charge in [0.15, 0.2) is 0 Å². The maximum absolute atomic E-state index is 12.4. The zero-order valence-corrected chi connectivity index (χ0v) is 9.78. The Kier molecular flexibility index (Phi) is 4.53. The van der Waals surface area contributed by atoms with Gasteiger partial charge in [-0.2, -0.15) is 18.4 Å². The van der Waals surface area contributed by atoms with Gasteiger partial charge in [0.05, 0.1) is 23.9 Å². The molecule has 0 radical (unpaired) electrons. The predicted molar refractivity (Wildman–Crippen MR) is 60.9 cm³/mol. The highest BCUT2D eigenvalue weighted by Gasteiger charge is 2.30. The van der Waals surface area contributed by atoms with E-state index < -0.39 is 17.7 Å². The summed E-state index contributed by atoms with van der Waals surface area (Å²) in [5.41, 5.74) is -0.924. The van der Waals surface area contributed by atoms with Crippen molar-refractivity contribution in [2.45, 2.75) is 6.18 Å². The van der Waals surface area contributed by atoms with Crippen LogP contribution >= 0.6 is 0 Å². The molecule has 1 aromatic carbocycles. The summed E-state index contributed by atoms with van der Waals surface area (Å²) in [6.07, 6.45) is -2.29. The Morgan fingerprint density at radius 1 is 1.47 bits per heavy atom. The molecule has 0 spiro atoms. The van der Waals surface area contributed by atoms with Gasteiger partial charge in [0.25, 0.3) is 0 Å². The second-order valence-electron chi connectivity index (χ2n) is 3.37. The second kappa shape index (κ2) is 5.91. The van der Waals surface area contributed by atoms with Crippen molar-refractivity contribution in [2.24, 2.45) is 0 Å². The molecule has 0 amide bonds. The lowest BCUT2D eigenvalue weighted by Crippen LogP contribution is -2.06. The van der Waals surface area contributed by atoms with Crippen molar-refractivity contribution < 1.29 is 22.7 Å². The van der Waals surface area contributed by atoms with Crippen molar-refractivity contribution >= 4 is 11.7 Å². The number of hydrogen-bond donors (Lipinski definition) is 1. The highest BCUT2D eigenvalue weighted by Crippen LogP contribution is 2.31. The van der Waals surface area contributed by atoms with E-state index in [-0.39, 0.29) is 11.3 Å². The summed E-state index contributed by atoms with van der Waals surface area (Å²) in [6.45, 7) is 0. The van der Waals surface area contributed by atoms with E-state index in [1.165, 1.54) is 13.3 Å². The Hall–Kier alpha value is -2.49. The molecule has 0 aromatic heterocycles. The van der Waals surface area contributed by atoms with E-state index in [1.54, 1.807) is 6.07 Å². The number of hydrogen-bond acceptors (Lipinski definition) is 4. The fraction of sp³-hybridized carbons (Fsp3) is 0.167. The SMILES string of the molecule is COC(=O)/C=C/Nc1ccc(C(F)(F)F)cc1C#N. The number of halogens is 3. The Labute approximate surface area is 107 Å². The van der Waals surface area contributed by atoms with Crippen LogP contribution in [0.3, 0.4) is 0 Å². The van der Waals surface area contributed by atoms with Gasteiger partial charge in [-0.1, -0.05) is 0 Å². The van der Waals surface area contributed by atoms with Gasteiger partial charge in [-0.3, -0.25) is 0 Å². The van der Waals surface area contributed by atoms with E-state index in [2.05, 4.69) is 10.1 Å². The lowest BCUT2D eigenvalue weighted by Gasteiger charge is -2.09. The van der Waals surface area contributed by atoms with E-state index in [1.807, 2.05) is 0 Å². The average Bonchev–Trinajstić information content (AvgIpc) is 2.37. The van der Waals surface area contributed by atoms with E-state index >= 15 is 0 Å². The van der Waals surface area contributed by atoms with Crippen LogP contribution in [0.4, 0.5) is 18.9 Å². The molecule has 0 aliphatic carbocycles. The molecule has 0 atom stereocenters. The van der Waals surface area contributed by atoms with E-state index in [0.717, 1.165) is 24.3 Å². The molecule has 19 heavy (non-hydrogen) atoms. The fourth-order valence-corrected chi connectivity index (χ4v) is 1.21. The van der Waals surface area contributed by atoms with Gasteiger partial charge in [-0.05, 0) is 18.2 Å². The molecule has 0 aliphatic heterocycles. The van der Waals surface area contributed by atoms with Gasteiger partial charge in [0, 0.05) is 12.3 Å². The minimum absolute atomic E-state index is 0.163. The minimum atomic E-state index is -4.51. The van der Waals surface area contributed by atoms with Crippen LogP contribution in [0.15, 0.2) is 30.5 Å². The van der Waals surface area contributed by atoms with Crippen LogP contribution in [0, 0.1) is 11.3 Å². The molecule has 1 aromatic rings. The summed E-state index contributed by atoms with van der Waals surface area (Å²) in [6, 6.07) is 4.33. The number of ether oxygens (including phenoxy) is 1. The normalized spacial score (nSPS) is 11.1. The summed E-state index contributed by atoms with van der Waals surface area (Å²) in [7, 11) is 1.19. The summed E-state index contributed by atoms with van der Waals surface area (Å²) in [4.78, 5) is 10.8. The first-order valence-electron chi connectivity index (χ1n) is 5.01. The highest BCUT2D eigenvalue weighted by molar-refractivity contribution is 5.82. The van der Waals surface area contributed by atoms with Crippen molar-refractivity contribution in [3.05, 3.63) is 41.6 Å². The number of rotatable bonds is 3. The maximum atomic E-state index is 12.4. The molecule has 0 fully saturated rings. The molecular weight excluding hydrogens is 261 g/mol. The Bertz CT molecular complexity index is 545. The predicted octanol–water partition coefficient (Wildman–Crippen LogP) is 2.68. The zero-order valence-electron chi connectivity index (χ0n) is 9.78. The van der Waals surface area contributed by atoms with Crippen LogP contribution in [-0.4, -0.2) is 13.1 Å². The lowest BCUT2D eigenvalue weighted by molar-refractivity contribution is -0.137. The number of nitriles is 1. The molecule has 0 heterocycles. The summed E-state index contributed by atoms with van der Waals surface area (Å²) in [5.74, 6) is -0.627. The quantitative estimate of drug-likeness (QED) is 0.677. The Morgan fingerprint density at radius 3 is 2.68 bits per heavy atom. The third kappa shape index (κ3) is 4.03. The molecule has 0 bridgehead atoms. The molecule has 0 saturated carbocycles. The smallest absolute Gasteiger partial charge is 0.416 e. The molecule has 4 nitrogen and oxygen atoms in total. The van der Waals surface area contributed by atoms with Gasteiger partial charge < -0.3 is 10.1 Å². The van der Waals surface area contributed by atoms with Crippen molar-refractivity contribution in [3.63, 3.8) is 0 Å². The number of carbonyl (C=O) groups is 1. The number of benzene rings is 1. The standard InChI is InChI=1S/C12H9F3N2O2/c1-19-11(18)4-5-17-10-3-2-9(12(13,14)15)6-8(10)7-16/h2-6,17H,1H3/b5-4+. The Balaban J connectivity index is 2.95. The van der Waals surface area contributed by atoms with Crippen molar-refractivity contribution in [1.29, 1.82) is 5.26 Å². The second-order valence-corrected chi connectivity index (χ2v) is 3.37. The molecule has 0 saturated heterocycles. The van der Waals surface area contributed by atoms with Gasteiger partial charge in [0.2, 0.25) is 0 Å². The molecule has 7 heteroatoms. The monoisotopic (exact) mass is 270 g/mol. The lowest BCUT2D eigenvalue weighted by atomic mass is 10.1. The van der Waals surface area contributed by atoms with Gasteiger partial charge in [-0.15, -0.1) is 0 Å². The fourth-order valence-electron chi connectivity index (χ4n) is 1.21. The molecule has 100 valence electrons. The number of alkyl halides is 3. The number of methoxy groups -OCH3 is 1. The topological polar surface area (TPSA) is 62.1 Å². The van der Waals surface area contributed by atoms with E-state index in [0.29, 0.717) is 0 Å². The van der Waals surface area contributed by atoms with Crippen molar-refractivity contribution in [2.75, 3.05) is 12.4 Å². The first kappa shape index (κ1) is 14.6. The highest BCUT2D eigenvalue weighted by atomic mass is 19.4. The van der Waals surface area contributed by atoms with Gasteiger partial charge in [-0.25, -0.2) is 4.79 Å². The van der Waals surface area contributed by atoms with Gasteiger partial charge in [0.1, 0.15) is 6.07 Å². The number of anilines is 1. The first-order chi connectivity index (χ1) is 8.88. The maximum Gasteiger partial charge on any atom is 0.416 e. The van der Waals surface area contributed by atoms with Crippen molar-refractivity contribution in [1.82, 2.24) is 0 Å². The third-order valence-electron chi connectivity index (χ3n) is 2.13. The average molecular weight is 270 g/mol. The largest absolute Gasteiger partial charge is 0.466 e. The number of esters is 1. The zero-order chi connectivity index (χ0) is 14.5. The summed E-state index contributed by atoms with van der Waals surface area (Å²) in [5, 5.41) is 11.3. The molecule has 1 N–H and O–H groups in total. The van der Waals surface area contributed by atoms with Crippen LogP contribution in [0.1, 0.15) is 11.1 Å². The molecular formula is C12H9F3N2O2. The summed E-state index contributed by atoms with van der Waals surface area (Å²) >= 11 is 0. The van der Waals surface area contributed by atoms with E-state index in [4.69, 9.17) is 5.26 Å².